The highest BCUT2D eigenvalue weighted by Gasteiger charge is 2.53. The molecule has 5 rings (SSSR count). The maximum Gasteiger partial charge on any atom is 0.401 e. The van der Waals surface area contributed by atoms with E-state index in [-0.39, 0.29) is 40.2 Å². The van der Waals surface area contributed by atoms with Crippen molar-refractivity contribution in [3.05, 3.63) is 58.8 Å². The molecular formula is C22H19N7O7S2. The third-order valence-electron chi connectivity index (χ3n) is 5.94. The molecule has 38 heavy (non-hydrogen) atoms. The van der Waals surface area contributed by atoms with Crippen molar-refractivity contribution in [3.8, 4) is 5.69 Å². The zero-order valence-electron chi connectivity index (χ0n) is 19.6. The van der Waals surface area contributed by atoms with Crippen LogP contribution in [-0.4, -0.2) is 73.3 Å². The Morgan fingerprint density at radius 3 is 2.84 bits per heavy atom. The molecule has 4 aliphatic rings. The first-order chi connectivity index (χ1) is 18.2. The summed E-state index contributed by atoms with van der Waals surface area (Å²) in [7, 11) is 1.26. The number of β-lactam (4-membered cyclic amide) rings is 1. The number of nitrogens with two attached hydrogens (primary N) is 1. The van der Waals surface area contributed by atoms with Crippen molar-refractivity contribution in [3.63, 3.8) is 0 Å². The second-order valence-corrected chi connectivity index (χ2v) is 10.2. The summed E-state index contributed by atoms with van der Waals surface area (Å²) in [5.74, 6) is -3.67. The molecule has 14 nitrogen and oxygen atoms in total. The highest BCUT2D eigenvalue weighted by Crippen LogP contribution is 2.40. The van der Waals surface area contributed by atoms with E-state index in [2.05, 4.69) is 15.5 Å². The second-order valence-electron chi connectivity index (χ2n) is 8.21. The van der Waals surface area contributed by atoms with Crippen LogP contribution >= 0.6 is 23.1 Å². The molecule has 4 aliphatic heterocycles. The molecule has 5 heterocycles. The van der Waals surface area contributed by atoms with Crippen LogP contribution in [0.1, 0.15) is 16.2 Å². The van der Waals surface area contributed by atoms with E-state index < -0.39 is 35.2 Å². The van der Waals surface area contributed by atoms with Gasteiger partial charge < -0.3 is 35.5 Å². The fourth-order valence-corrected chi connectivity index (χ4v) is 6.17. The lowest BCUT2D eigenvalue weighted by molar-refractivity contribution is -0.596. The molecule has 1 fully saturated rings. The number of carboxylic acids is 2. The number of amides is 2. The number of hydrogen-bond acceptors (Lipinski definition) is 11. The maximum absolute atomic E-state index is 13.0. The maximum atomic E-state index is 13.0. The Morgan fingerprint density at radius 1 is 1.39 bits per heavy atom. The van der Waals surface area contributed by atoms with Crippen molar-refractivity contribution < 1.29 is 38.8 Å². The van der Waals surface area contributed by atoms with Gasteiger partial charge in [0.2, 0.25) is 5.69 Å². The molecule has 16 heteroatoms. The summed E-state index contributed by atoms with van der Waals surface area (Å²) in [4.78, 5) is 59.2. The lowest BCUT2D eigenvalue weighted by atomic mass is 10.0. The van der Waals surface area contributed by atoms with Crippen LogP contribution in [0.4, 0.5) is 5.13 Å². The Bertz CT molecular complexity index is 1510. The average Bonchev–Trinajstić information content (AvgIpc) is 3.51. The summed E-state index contributed by atoms with van der Waals surface area (Å²) in [5.41, 5.74) is 6.51. The van der Waals surface area contributed by atoms with Crippen molar-refractivity contribution in [2.45, 2.75) is 18.0 Å². The summed E-state index contributed by atoms with van der Waals surface area (Å²) in [6.07, 6.45) is 4.84. The molecule has 0 spiro atoms. The molecule has 0 radical (unpaired) electrons. The third-order valence-corrected chi connectivity index (χ3v) is 7.95. The number of thioether (sulfide) groups is 1. The van der Waals surface area contributed by atoms with Gasteiger partial charge in [-0.15, -0.1) is 23.1 Å². The topological polar surface area (TPSA) is 196 Å². The summed E-state index contributed by atoms with van der Waals surface area (Å²) in [6.45, 7) is 0.129. The predicted molar refractivity (Wildman–Crippen MR) is 131 cm³/mol. The van der Waals surface area contributed by atoms with E-state index in [0.717, 1.165) is 16.2 Å². The summed E-state index contributed by atoms with van der Waals surface area (Å²) in [6, 6.07) is 2.10. The highest BCUT2D eigenvalue weighted by atomic mass is 32.2. The molecule has 0 saturated carbocycles. The first kappa shape index (κ1) is 25.2. The second kappa shape index (κ2) is 9.79. The average molecular weight is 558 g/mol. The Balaban J connectivity index is 1.36. The number of anilines is 1. The summed E-state index contributed by atoms with van der Waals surface area (Å²) in [5, 5.41) is 28.7. The van der Waals surface area contributed by atoms with Crippen LogP contribution in [0.5, 0.6) is 0 Å². The number of thiazole rings is 1. The van der Waals surface area contributed by atoms with Crippen LogP contribution in [0.15, 0.2) is 52.5 Å². The van der Waals surface area contributed by atoms with Gasteiger partial charge in [0.1, 0.15) is 24.2 Å². The van der Waals surface area contributed by atoms with E-state index in [1.54, 1.807) is 29.2 Å². The third kappa shape index (κ3) is 4.32. The molecule has 1 saturated heterocycles. The number of aromatic carboxylic acids is 1. The van der Waals surface area contributed by atoms with E-state index in [1.165, 1.54) is 34.9 Å². The highest BCUT2D eigenvalue weighted by molar-refractivity contribution is 8.00. The van der Waals surface area contributed by atoms with Crippen LogP contribution < -0.4 is 20.7 Å². The van der Waals surface area contributed by atoms with Gasteiger partial charge in [-0.3, -0.25) is 14.5 Å². The fraction of sp³-hybridized carbons (Fsp3) is 0.227. The van der Waals surface area contributed by atoms with Gasteiger partial charge in [0, 0.05) is 29.8 Å². The molecule has 4 N–H and O–H groups in total. The predicted octanol–water partition coefficient (Wildman–Crippen LogP) is -1.61. The zero-order valence-corrected chi connectivity index (χ0v) is 21.2. The number of nitrogen functional groups attached to an aromatic ring is 1. The molecule has 0 aromatic carbocycles. The molecule has 1 aromatic heterocycles. The Hall–Kier alpha value is -4.44. The van der Waals surface area contributed by atoms with Crippen LogP contribution in [0, 0.1) is 0 Å². The first-order valence-electron chi connectivity index (χ1n) is 10.9. The van der Waals surface area contributed by atoms with Gasteiger partial charge in [-0.1, -0.05) is 5.16 Å². The minimum Gasteiger partial charge on any atom is -0.543 e. The number of carboxylic acid groups (broad SMARTS) is 2. The van der Waals surface area contributed by atoms with Crippen LogP contribution in [0.3, 0.4) is 0 Å². The fourth-order valence-electron chi connectivity index (χ4n) is 4.29. The van der Waals surface area contributed by atoms with Crippen molar-refractivity contribution >= 4 is 57.7 Å². The van der Waals surface area contributed by atoms with Gasteiger partial charge in [0.25, 0.3) is 17.5 Å². The number of aromatic nitrogens is 3. The number of aliphatic carboxylic acids is 1. The SMILES string of the molecule is CO/N=C(\C(=O)N[C@@H]1C(=O)N2C(C(=O)[O-])=C(Cn3cc[n+]4c(C(=O)O)ccc-4c3)CS[C@H]12)c1csc(N)n1. The number of carbonyl (C=O) groups is 4. The van der Waals surface area contributed by atoms with Crippen LogP contribution in [0.2, 0.25) is 0 Å². The van der Waals surface area contributed by atoms with Crippen molar-refractivity contribution in [1.29, 1.82) is 0 Å². The number of nitrogens with zero attached hydrogens (tertiary/aromatic N) is 5. The quantitative estimate of drug-likeness (QED) is 0.125. The number of hydrogen-bond donors (Lipinski definition) is 3. The van der Waals surface area contributed by atoms with Crippen molar-refractivity contribution in [2.24, 2.45) is 5.16 Å². The molecular weight excluding hydrogens is 538 g/mol. The summed E-state index contributed by atoms with van der Waals surface area (Å²) < 4.78 is 3.18. The van der Waals surface area contributed by atoms with Crippen LogP contribution in [-0.2, 0) is 25.8 Å². The van der Waals surface area contributed by atoms with Crippen LogP contribution in [0.25, 0.3) is 5.69 Å². The van der Waals surface area contributed by atoms with Gasteiger partial charge in [-0.05, 0) is 5.57 Å². The molecule has 0 bridgehead atoms. The number of carbonyl (C=O) groups excluding carboxylic acids is 3. The van der Waals surface area contributed by atoms with Gasteiger partial charge in [-0.25, -0.2) is 9.78 Å². The van der Waals surface area contributed by atoms with E-state index >= 15 is 0 Å². The Kier molecular flexibility index (Phi) is 6.50. The van der Waals surface area contributed by atoms with Crippen molar-refractivity contribution in [2.75, 3.05) is 18.6 Å². The summed E-state index contributed by atoms with van der Waals surface area (Å²) >= 11 is 2.40. The standard InChI is InChI=1S/C22H19N7O7S2/c1-36-26-14(12-9-38-22(23)24-12)17(30)25-15-18(31)29-16(21(34)35)10(8-37-19(15)29)6-27-4-5-28-11(7-27)2-3-13(28)20(32)33/h2-5,7,9,15,19H,6,8H2,1H3,(H4-,23,24,25,30,32,33,34,35)/b26-14-/t15-,19-/m1/s1. The molecule has 2 atom stereocenters. The molecule has 196 valence electrons. The lowest BCUT2D eigenvalue weighted by Crippen LogP contribution is -2.71. The van der Waals surface area contributed by atoms with E-state index in [9.17, 15) is 29.4 Å². The number of fused-ring (bicyclic) bond motifs is 2. The van der Waals surface area contributed by atoms with E-state index in [4.69, 9.17) is 10.6 Å². The molecule has 1 aromatic rings. The van der Waals surface area contributed by atoms with Crippen molar-refractivity contribution in [1.82, 2.24) is 19.8 Å². The number of oxime groups is 1. The van der Waals surface area contributed by atoms with Gasteiger partial charge in [0.05, 0.1) is 24.1 Å². The number of rotatable bonds is 8. The molecule has 0 aliphatic carbocycles. The van der Waals surface area contributed by atoms with E-state index in [1.807, 2.05) is 0 Å². The largest absolute Gasteiger partial charge is 0.543 e. The minimum atomic E-state index is -1.51. The van der Waals surface area contributed by atoms with Gasteiger partial charge >= 0.3 is 5.97 Å². The monoisotopic (exact) mass is 557 g/mol. The number of nitrogens with one attached hydrogen (secondary N) is 1. The molecule has 0 unspecified atom stereocenters. The smallest absolute Gasteiger partial charge is 0.401 e. The van der Waals surface area contributed by atoms with E-state index in [0.29, 0.717) is 11.3 Å². The Labute approximate surface area is 222 Å². The Morgan fingerprint density at radius 2 is 2.18 bits per heavy atom. The van der Waals surface area contributed by atoms with Gasteiger partial charge in [-0.2, -0.15) is 4.57 Å². The normalized spacial score (nSPS) is 19.2. The zero-order chi connectivity index (χ0) is 27.1. The van der Waals surface area contributed by atoms with Gasteiger partial charge in [0.15, 0.2) is 17.0 Å². The first-order valence-corrected chi connectivity index (χ1v) is 12.9. The lowest BCUT2D eigenvalue weighted by Gasteiger charge is -2.50. The molecule has 2 amide bonds. The minimum absolute atomic E-state index is 0.0917.